The molecule has 0 aliphatic carbocycles. The number of hydrogen-bond acceptors (Lipinski definition) is 0. The third-order valence-corrected chi connectivity index (χ3v) is 0. The molecule has 0 fully saturated rings. The first-order valence-electron chi connectivity index (χ1n) is 0. The molecule has 0 aromatic carbocycles. The summed E-state index contributed by atoms with van der Waals surface area (Å²) in [6.45, 7) is 0. The Hall–Kier alpha value is 2.44. The van der Waals surface area contributed by atoms with Crippen molar-refractivity contribution >= 4 is 19.4 Å². The van der Waals surface area contributed by atoms with Crippen molar-refractivity contribution in [3.05, 3.63) is 0 Å². The Bertz CT molecular complexity index is 15.5. The molecule has 0 N–H and O–H groups in total. The first kappa shape index (κ1) is 78.6. The van der Waals surface area contributed by atoms with Crippen molar-refractivity contribution in [2.45, 2.75) is 0 Å². The average molecular weight is 281 g/mol. The molecule has 6 heavy (non-hydrogen) atoms. The summed E-state index contributed by atoms with van der Waals surface area (Å²) in [6.07, 6.45) is 0. The minimum Gasteiger partial charge on any atom is 0 e. The van der Waals surface area contributed by atoms with E-state index in [9.17, 15) is 0 Å². The smallest absolute Gasteiger partial charge is 0 e. The molecule has 0 bridgehead atoms. The van der Waals surface area contributed by atoms with E-state index in [0.29, 0.717) is 0 Å². The molecule has 0 aromatic heterocycles. The molecule has 0 atom stereocenters. The first-order chi connectivity index (χ1) is 0. The van der Waals surface area contributed by atoms with Crippen LogP contribution in [0.25, 0.3) is 0 Å². The Morgan fingerprint density at radius 1 is 1.00 bits per heavy atom. The molecule has 0 aliphatic rings. The van der Waals surface area contributed by atoms with Gasteiger partial charge in [0, 0.05) is 89.5 Å². The molecule has 6 heteroatoms. The van der Waals surface area contributed by atoms with Crippen molar-refractivity contribution in [1.82, 2.24) is 0 Å². The van der Waals surface area contributed by atoms with Gasteiger partial charge in [0.25, 0.3) is 0 Å². The number of hydrogen-bond donors (Lipinski definition) is 0. The molecule has 0 nitrogen and oxygen atoms in total. The van der Waals surface area contributed by atoms with Gasteiger partial charge >= 0.3 is 0 Å². The summed E-state index contributed by atoms with van der Waals surface area (Å²) in [5, 5.41) is 0. The topological polar surface area (TPSA) is 0 Å². The van der Waals surface area contributed by atoms with Gasteiger partial charge in [-0.05, 0) is 0 Å². The molecule has 0 saturated heterocycles. The van der Waals surface area contributed by atoms with E-state index in [2.05, 4.69) is 0 Å². The summed E-state index contributed by atoms with van der Waals surface area (Å²) in [4.78, 5) is 0. The molecule has 0 spiro atoms. The first-order valence-corrected chi connectivity index (χ1v) is 0. The van der Waals surface area contributed by atoms with Crippen LogP contribution < -0.4 is 0 Å². The fourth-order valence-corrected chi connectivity index (χ4v) is 0. The Labute approximate surface area is 88.6 Å². The quantitative estimate of drug-likeness (QED) is 0.512. The van der Waals surface area contributed by atoms with Crippen LogP contribution in [0, 0.1) is 0 Å². The van der Waals surface area contributed by atoms with Crippen molar-refractivity contribution in [3.63, 3.8) is 0 Å². The fourth-order valence-electron chi connectivity index (χ4n) is 0. The zero-order valence-electron chi connectivity index (χ0n) is 2.78. The van der Waals surface area contributed by atoms with Gasteiger partial charge < -0.3 is 0 Å². The Kier molecular flexibility index (Phi) is 679. The second kappa shape index (κ2) is 51.9. The minimum absolute atomic E-state index is 0. The van der Waals surface area contributed by atoms with E-state index in [1.54, 1.807) is 0 Å². The van der Waals surface area contributed by atoms with Crippen molar-refractivity contribution in [2.24, 2.45) is 0 Å². The SMILES string of the molecule is [B].[Cu].[Mn].[Ni].[Si].[Zn]. The van der Waals surface area contributed by atoms with Crippen LogP contribution in [-0.2, 0) is 70.1 Å². The van der Waals surface area contributed by atoms with Crippen molar-refractivity contribution in [3.8, 4) is 0 Å². The maximum absolute atomic E-state index is 0. The van der Waals surface area contributed by atoms with Gasteiger partial charge in [0.05, 0.1) is 0 Å². The van der Waals surface area contributed by atoms with Crippen LogP contribution in [0.4, 0.5) is 0 Å². The van der Waals surface area contributed by atoms with Crippen LogP contribution in [0.1, 0.15) is 0 Å². The van der Waals surface area contributed by atoms with Crippen molar-refractivity contribution in [1.29, 1.82) is 0 Å². The Balaban J connectivity index is 0. The van der Waals surface area contributed by atoms with Crippen LogP contribution >= 0.6 is 0 Å². The summed E-state index contributed by atoms with van der Waals surface area (Å²) >= 11 is 0. The van der Waals surface area contributed by atoms with E-state index in [1.165, 1.54) is 0 Å². The third kappa shape index (κ3) is 32.0. The second-order valence-electron chi connectivity index (χ2n) is 0. The maximum atomic E-state index is 0. The molecule has 0 saturated carbocycles. The summed E-state index contributed by atoms with van der Waals surface area (Å²) in [5.41, 5.74) is 0. The van der Waals surface area contributed by atoms with Gasteiger partial charge in [-0.25, -0.2) is 0 Å². The van der Waals surface area contributed by atoms with E-state index < -0.39 is 0 Å². The van der Waals surface area contributed by atoms with Crippen molar-refractivity contribution < 1.29 is 70.1 Å². The summed E-state index contributed by atoms with van der Waals surface area (Å²) < 4.78 is 0. The molecule has 0 heterocycles. The minimum atomic E-state index is 0. The summed E-state index contributed by atoms with van der Waals surface area (Å²) in [6, 6.07) is 0. The third-order valence-electron chi connectivity index (χ3n) is 0. The van der Waals surface area contributed by atoms with Gasteiger partial charge in [0.1, 0.15) is 0 Å². The molecule has 0 unspecified atom stereocenters. The van der Waals surface area contributed by atoms with Crippen LogP contribution in [0.5, 0.6) is 0 Å². The molecular weight excluding hydrogens is 281 g/mol. The zero-order chi connectivity index (χ0) is 0. The Morgan fingerprint density at radius 2 is 1.00 bits per heavy atom. The van der Waals surface area contributed by atoms with Gasteiger partial charge in [0.15, 0.2) is 0 Å². The van der Waals surface area contributed by atoms with Gasteiger partial charge in [-0.1, -0.05) is 0 Å². The van der Waals surface area contributed by atoms with Crippen LogP contribution in [0.2, 0.25) is 0 Å². The predicted octanol–water partition coefficient (Wildman–Crippen LogP) is -0.772. The second-order valence-corrected chi connectivity index (χ2v) is 0. The van der Waals surface area contributed by atoms with E-state index in [4.69, 9.17) is 0 Å². The van der Waals surface area contributed by atoms with Crippen LogP contribution in [0.15, 0.2) is 0 Å². The van der Waals surface area contributed by atoms with E-state index in [1.807, 2.05) is 0 Å². The molecule has 0 aliphatic heterocycles. The maximum Gasteiger partial charge on any atom is 0 e. The molecule has 0 rings (SSSR count). The fraction of sp³-hybridized carbons (Fsp3) is 0. The molecule has 0 aromatic rings. The van der Waals surface area contributed by atoms with Crippen LogP contribution in [-0.4, -0.2) is 19.4 Å². The number of rotatable bonds is 0. The Morgan fingerprint density at radius 3 is 1.00 bits per heavy atom. The average Bonchev–Trinajstić information content (AvgIpc) is 0. The molecule has 0 amide bonds. The largest absolute Gasteiger partial charge is 0 e. The van der Waals surface area contributed by atoms with E-state index in [-0.39, 0.29) is 89.5 Å². The standard InChI is InChI=1S/B.Cu.Mn.Ni.Si.Zn. The van der Waals surface area contributed by atoms with Gasteiger partial charge in [0.2, 0.25) is 0 Å². The predicted molar refractivity (Wildman–Crippen MR) is 11.5 cm³/mol. The van der Waals surface area contributed by atoms with E-state index >= 15 is 0 Å². The van der Waals surface area contributed by atoms with Gasteiger partial charge in [-0.3, -0.25) is 0 Å². The zero-order valence-corrected chi connectivity index (χ0v) is 9.86. The van der Waals surface area contributed by atoms with Crippen molar-refractivity contribution in [2.75, 3.05) is 0 Å². The monoisotopic (exact) mass is 279 g/mol. The summed E-state index contributed by atoms with van der Waals surface area (Å²) in [5.74, 6) is 0. The molecule has 9 radical (unpaired) electrons. The van der Waals surface area contributed by atoms with Crippen LogP contribution in [0.3, 0.4) is 0 Å². The molecule has 37 valence electrons. The van der Waals surface area contributed by atoms with E-state index in [0.717, 1.165) is 0 Å². The molecular formula is BCuMnNiSiZn. The van der Waals surface area contributed by atoms with Gasteiger partial charge in [-0.15, -0.1) is 0 Å². The van der Waals surface area contributed by atoms with Gasteiger partial charge in [-0.2, -0.15) is 0 Å². The summed E-state index contributed by atoms with van der Waals surface area (Å²) in [7, 11) is 0. The normalized spacial score (nSPS) is 0.